The summed E-state index contributed by atoms with van der Waals surface area (Å²) in [7, 11) is 0. The minimum atomic E-state index is -1.23. The van der Waals surface area contributed by atoms with Gasteiger partial charge in [-0.15, -0.1) is 0 Å². The van der Waals surface area contributed by atoms with Crippen molar-refractivity contribution in [2.24, 2.45) is 0 Å². The molecule has 2 aromatic rings. The molecule has 0 aliphatic heterocycles. The Labute approximate surface area is 110 Å². The van der Waals surface area contributed by atoms with Crippen molar-refractivity contribution < 1.29 is 9.90 Å². The normalized spacial score (nSPS) is 10.8. The average molecular weight is 250 g/mol. The van der Waals surface area contributed by atoms with Crippen LogP contribution in [0.25, 0.3) is 17.2 Å². The van der Waals surface area contributed by atoms with Crippen LogP contribution in [0.5, 0.6) is 0 Å². The Hall–Kier alpha value is -2.93. The van der Waals surface area contributed by atoms with Crippen molar-refractivity contribution in [3.8, 4) is 17.2 Å². The lowest BCUT2D eigenvalue weighted by Crippen LogP contribution is -1.97. The third-order valence-electron chi connectivity index (χ3n) is 2.56. The van der Waals surface area contributed by atoms with Gasteiger partial charge in [-0.1, -0.05) is 18.2 Å². The van der Waals surface area contributed by atoms with E-state index >= 15 is 0 Å². The van der Waals surface area contributed by atoms with E-state index < -0.39 is 5.97 Å². The van der Waals surface area contributed by atoms with Crippen LogP contribution in [-0.2, 0) is 4.79 Å². The highest BCUT2D eigenvalue weighted by Gasteiger charge is 2.06. The molecular formula is C15H10N2O2. The van der Waals surface area contributed by atoms with E-state index in [2.05, 4.69) is 4.98 Å². The molecule has 0 aliphatic carbocycles. The van der Waals surface area contributed by atoms with Crippen molar-refractivity contribution in [2.75, 3.05) is 0 Å². The van der Waals surface area contributed by atoms with Crippen LogP contribution in [0.15, 0.2) is 54.4 Å². The molecule has 0 spiro atoms. The van der Waals surface area contributed by atoms with Crippen molar-refractivity contribution >= 4 is 12.0 Å². The first-order valence-corrected chi connectivity index (χ1v) is 5.56. The van der Waals surface area contributed by atoms with Gasteiger partial charge in [0.1, 0.15) is 11.6 Å². The van der Waals surface area contributed by atoms with Crippen LogP contribution in [0.4, 0.5) is 0 Å². The summed E-state index contributed by atoms with van der Waals surface area (Å²) in [5.74, 6) is -1.23. The Morgan fingerprint density at radius 2 is 1.95 bits per heavy atom. The molecule has 4 nitrogen and oxygen atoms in total. The molecule has 19 heavy (non-hydrogen) atoms. The number of hydrogen-bond donors (Lipinski definition) is 1. The number of benzene rings is 1. The molecule has 2 rings (SSSR count). The van der Waals surface area contributed by atoms with Crippen molar-refractivity contribution in [3.05, 3.63) is 59.9 Å². The van der Waals surface area contributed by atoms with Crippen LogP contribution >= 0.6 is 0 Å². The summed E-state index contributed by atoms with van der Waals surface area (Å²) < 4.78 is 0. The zero-order valence-electron chi connectivity index (χ0n) is 9.95. The number of rotatable bonds is 3. The largest absolute Gasteiger partial charge is 0.477 e. The lowest BCUT2D eigenvalue weighted by atomic mass is 10.0. The molecule has 0 amide bonds. The minimum absolute atomic E-state index is 0.285. The highest BCUT2D eigenvalue weighted by atomic mass is 16.4. The van der Waals surface area contributed by atoms with Gasteiger partial charge in [-0.2, -0.15) is 5.26 Å². The summed E-state index contributed by atoms with van der Waals surface area (Å²) in [6.07, 6.45) is 4.73. The summed E-state index contributed by atoms with van der Waals surface area (Å²) >= 11 is 0. The van der Waals surface area contributed by atoms with Crippen molar-refractivity contribution in [3.63, 3.8) is 0 Å². The monoisotopic (exact) mass is 250 g/mol. The number of hydrogen-bond acceptors (Lipinski definition) is 3. The lowest BCUT2D eigenvalue weighted by molar-refractivity contribution is -0.132. The van der Waals surface area contributed by atoms with Crippen LogP contribution in [-0.4, -0.2) is 16.1 Å². The molecule has 0 radical (unpaired) electrons. The molecular weight excluding hydrogens is 240 g/mol. The van der Waals surface area contributed by atoms with E-state index in [1.165, 1.54) is 6.08 Å². The Kier molecular flexibility index (Phi) is 3.70. The predicted octanol–water partition coefficient (Wildman–Crippen LogP) is 2.74. The van der Waals surface area contributed by atoms with Gasteiger partial charge in [0.15, 0.2) is 0 Å². The standard InChI is InChI=1S/C15H10N2O2/c16-10-14(15(18)19)9-11-2-1-3-13(8-11)12-4-6-17-7-5-12/h1-9H,(H,18,19)/b14-9-. The maximum atomic E-state index is 10.8. The first-order valence-electron chi connectivity index (χ1n) is 5.56. The molecule has 0 saturated heterocycles. The lowest BCUT2D eigenvalue weighted by Gasteiger charge is -2.02. The maximum absolute atomic E-state index is 10.8. The van der Waals surface area contributed by atoms with Crippen LogP contribution in [0.2, 0.25) is 0 Å². The van der Waals surface area contributed by atoms with Gasteiger partial charge in [0.2, 0.25) is 0 Å². The number of pyridine rings is 1. The SMILES string of the molecule is N#C/C(=C/c1cccc(-c2ccncc2)c1)C(=O)O. The molecule has 1 heterocycles. The summed E-state index contributed by atoms with van der Waals surface area (Å²) in [4.78, 5) is 14.7. The van der Waals surface area contributed by atoms with E-state index in [0.717, 1.165) is 11.1 Å². The summed E-state index contributed by atoms with van der Waals surface area (Å²) in [5.41, 5.74) is 2.32. The summed E-state index contributed by atoms with van der Waals surface area (Å²) in [6.45, 7) is 0. The number of carboxylic acid groups (broad SMARTS) is 1. The highest BCUT2D eigenvalue weighted by Crippen LogP contribution is 2.20. The van der Waals surface area contributed by atoms with Crippen LogP contribution < -0.4 is 0 Å². The van der Waals surface area contributed by atoms with Crippen LogP contribution in [0.3, 0.4) is 0 Å². The van der Waals surface area contributed by atoms with Gasteiger partial charge < -0.3 is 5.11 Å². The topological polar surface area (TPSA) is 74.0 Å². The minimum Gasteiger partial charge on any atom is -0.477 e. The second-order valence-electron chi connectivity index (χ2n) is 3.84. The van der Waals surface area contributed by atoms with Gasteiger partial charge in [0.05, 0.1) is 0 Å². The summed E-state index contributed by atoms with van der Waals surface area (Å²) in [6, 6.07) is 12.7. The third kappa shape index (κ3) is 3.05. The molecule has 1 aromatic carbocycles. The Morgan fingerprint density at radius 3 is 2.58 bits per heavy atom. The second kappa shape index (κ2) is 5.61. The molecule has 0 fully saturated rings. The smallest absolute Gasteiger partial charge is 0.346 e. The summed E-state index contributed by atoms with van der Waals surface area (Å²) in [5, 5.41) is 17.6. The van der Waals surface area contributed by atoms with E-state index in [4.69, 9.17) is 10.4 Å². The highest BCUT2D eigenvalue weighted by molar-refractivity contribution is 5.96. The van der Waals surface area contributed by atoms with Crippen LogP contribution in [0.1, 0.15) is 5.56 Å². The van der Waals surface area contributed by atoms with Crippen molar-refractivity contribution in [1.29, 1.82) is 5.26 Å². The Bertz CT molecular complexity index is 670. The number of aliphatic carboxylic acids is 1. The van der Waals surface area contributed by atoms with Gasteiger partial charge >= 0.3 is 5.97 Å². The zero-order valence-corrected chi connectivity index (χ0v) is 9.95. The van der Waals surface area contributed by atoms with Gasteiger partial charge in [-0.25, -0.2) is 4.79 Å². The molecule has 0 saturated carbocycles. The van der Waals surface area contributed by atoms with Crippen molar-refractivity contribution in [2.45, 2.75) is 0 Å². The number of carbonyl (C=O) groups is 1. The molecule has 4 heteroatoms. The number of nitriles is 1. The van der Waals surface area contributed by atoms with E-state index in [9.17, 15) is 4.79 Å². The van der Waals surface area contributed by atoms with Crippen LogP contribution in [0, 0.1) is 11.3 Å². The fraction of sp³-hybridized carbons (Fsp3) is 0. The van der Waals surface area contributed by atoms with E-state index in [1.54, 1.807) is 24.5 Å². The van der Waals surface area contributed by atoms with Gasteiger partial charge in [-0.3, -0.25) is 4.98 Å². The van der Waals surface area contributed by atoms with E-state index in [-0.39, 0.29) is 5.57 Å². The molecule has 0 bridgehead atoms. The van der Waals surface area contributed by atoms with Gasteiger partial charge in [0.25, 0.3) is 0 Å². The van der Waals surface area contributed by atoms with E-state index in [1.807, 2.05) is 30.3 Å². The third-order valence-corrected chi connectivity index (χ3v) is 2.56. The fourth-order valence-electron chi connectivity index (χ4n) is 1.66. The first kappa shape index (κ1) is 12.5. The first-order chi connectivity index (χ1) is 9.20. The average Bonchev–Trinajstić information content (AvgIpc) is 2.45. The Balaban J connectivity index is 2.41. The zero-order chi connectivity index (χ0) is 13.7. The number of aromatic nitrogens is 1. The predicted molar refractivity (Wildman–Crippen MR) is 70.9 cm³/mol. The number of nitrogens with zero attached hydrogens (tertiary/aromatic N) is 2. The van der Waals surface area contributed by atoms with Gasteiger partial charge in [-0.05, 0) is 41.0 Å². The molecule has 92 valence electrons. The van der Waals surface area contributed by atoms with Gasteiger partial charge in [0, 0.05) is 12.4 Å². The second-order valence-corrected chi connectivity index (χ2v) is 3.84. The quantitative estimate of drug-likeness (QED) is 0.671. The molecule has 1 aromatic heterocycles. The fourth-order valence-corrected chi connectivity index (χ4v) is 1.66. The Morgan fingerprint density at radius 1 is 1.21 bits per heavy atom. The van der Waals surface area contributed by atoms with Crippen molar-refractivity contribution in [1.82, 2.24) is 4.98 Å². The van der Waals surface area contributed by atoms with E-state index in [0.29, 0.717) is 5.56 Å². The molecule has 0 unspecified atom stereocenters. The molecule has 0 aliphatic rings. The maximum Gasteiger partial charge on any atom is 0.346 e. The number of carboxylic acids is 1. The molecule has 1 N–H and O–H groups in total. The molecule has 0 atom stereocenters.